The largest absolute Gasteiger partial charge is 0.481 e. The van der Waals surface area contributed by atoms with Gasteiger partial charge in [0.25, 0.3) is 0 Å². The summed E-state index contributed by atoms with van der Waals surface area (Å²) in [5.74, 6) is -0.881. The van der Waals surface area contributed by atoms with Crippen LogP contribution in [0.5, 0.6) is 0 Å². The number of halogens is 2. The molecule has 0 heterocycles. The molecular formula is C9H8BrClO2. The molecule has 0 radical (unpaired) electrons. The lowest BCUT2D eigenvalue weighted by Gasteiger charge is -2.06. The van der Waals surface area contributed by atoms with E-state index in [1.165, 1.54) is 0 Å². The van der Waals surface area contributed by atoms with Gasteiger partial charge in [0.1, 0.15) is 0 Å². The predicted octanol–water partition coefficient (Wildman–Crippen LogP) is 3.04. The van der Waals surface area contributed by atoms with Gasteiger partial charge < -0.3 is 5.11 Å². The van der Waals surface area contributed by atoms with Crippen LogP contribution in [0.2, 0.25) is 5.02 Å². The molecule has 0 aliphatic carbocycles. The molecular weight excluding hydrogens is 255 g/mol. The fraction of sp³-hybridized carbons (Fsp3) is 0.222. The minimum atomic E-state index is -0.881. The Morgan fingerprint density at radius 3 is 2.77 bits per heavy atom. The third-order valence-corrected chi connectivity index (χ3v) is 2.98. The van der Waals surface area contributed by atoms with Crippen molar-refractivity contribution in [1.82, 2.24) is 0 Å². The summed E-state index contributed by atoms with van der Waals surface area (Å²) in [4.78, 5) is 10.5. The number of benzene rings is 1. The van der Waals surface area contributed by atoms with Crippen molar-refractivity contribution in [2.45, 2.75) is 13.3 Å². The number of rotatable bonds is 2. The first-order chi connectivity index (χ1) is 6.02. The van der Waals surface area contributed by atoms with Gasteiger partial charge >= 0.3 is 5.97 Å². The Kier molecular flexibility index (Phi) is 3.33. The fourth-order valence-electron chi connectivity index (χ4n) is 1.03. The third kappa shape index (κ3) is 2.45. The van der Waals surface area contributed by atoms with Crippen molar-refractivity contribution < 1.29 is 9.90 Å². The number of aryl methyl sites for hydroxylation is 1. The molecule has 70 valence electrons. The highest BCUT2D eigenvalue weighted by Gasteiger charge is 2.10. The number of carbonyl (C=O) groups is 1. The first kappa shape index (κ1) is 10.5. The minimum absolute atomic E-state index is 0.0545. The highest BCUT2D eigenvalue weighted by Crippen LogP contribution is 2.28. The Labute approximate surface area is 89.7 Å². The third-order valence-electron chi connectivity index (χ3n) is 1.71. The second kappa shape index (κ2) is 4.11. The summed E-state index contributed by atoms with van der Waals surface area (Å²) < 4.78 is 0.741. The lowest BCUT2D eigenvalue weighted by Crippen LogP contribution is -2.02. The summed E-state index contributed by atoms with van der Waals surface area (Å²) in [7, 11) is 0. The van der Waals surface area contributed by atoms with Crippen LogP contribution in [0.3, 0.4) is 0 Å². The van der Waals surface area contributed by atoms with Crippen LogP contribution in [0.25, 0.3) is 0 Å². The van der Waals surface area contributed by atoms with E-state index >= 15 is 0 Å². The summed E-state index contributed by atoms with van der Waals surface area (Å²) in [5, 5.41) is 9.15. The molecule has 2 nitrogen and oxygen atoms in total. The van der Waals surface area contributed by atoms with Gasteiger partial charge in [-0.1, -0.05) is 33.6 Å². The van der Waals surface area contributed by atoms with Gasteiger partial charge in [-0.25, -0.2) is 0 Å². The monoisotopic (exact) mass is 262 g/mol. The molecule has 13 heavy (non-hydrogen) atoms. The number of carboxylic acid groups (broad SMARTS) is 1. The number of hydrogen-bond acceptors (Lipinski definition) is 1. The van der Waals surface area contributed by atoms with E-state index in [1.54, 1.807) is 6.07 Å². The second-order valence-electron chi connectivity index (χ2n) is 2.73. The van der Waals surface area contributed by atoms with E-state index in [9.17, 15) is 4.79 Å². The zero-order chi connectivity index (χ0) is 10.0. The summed E-state index contributed by atoms with van der Waals surface area (Å²) >= 11 is 9.21. The summed E-state index contributed by atoms with van der Waals surface area (Å²) in [6.07, 6.45) is -0.0545. The van der Waals surface area contributed by atoms with E-state index < -0.39 is 5.97 Å². The maximum atomic E-state index is 10.5. The molecule has 0 aliphatic rings. The van der Waals surface area contributed by atoms with Gasteiger partial charge in [-0.15, -0.1) is 0 Å². The van der Waals surface area contributed by atoms with Gasteiger partial charge in [-0.3, -0.25) is 4.79 Å². The lowest BCUT2D eigenvalue weighted by atomic mass is 10.1. The highest BCUT2D eigenvalue weighted by atomic mass is 79.9. The van der Waals surface area contributed by atoms with Crippen LogP contribution in [0.15, 0.2) is 16.6 Å². The Hall–Kier alpha value is -0.540. The average Bonchev–Trinajstić information content (AvgIpc) is 2.05. The van der Waals surface area contributed by atoms with E-state index in [0.29, 0.717) is 10.6 Å². The molecule has 0 spiro atoms. The normalized spacial score (nSPS) is 10.1. The van der Waals surface area contributed by atoms with E-state index in [-0.39, 0.29) is 6.42 Å². The van der Waals surface area contributed by atoms with Crippen LogP contribution in [-0.2, 0) is 11.2 Å². The molecule has 1 aromatic rings. The van der Waals surface area contributed by atoms with Crippen LogP contribution >= 0.6 is 27.5 Å². The predicted molar refractivity (Wildman–Crippen MR) is 55.2 cm³/mol. The van der Waals surface area contributed by atoms with Crippen molar-refractivity contribution in [2.24, 2.45) is 0 Å². The summed E-state index contributed by atoms with van der Waals surface area (Å²) in [6, 6.07) is 3.65. The highest BCUT2D eigenvalue weighted by molar-refractivity contribution is 9.10. The standard InChI is InChI=1S/C9H8BrClO2/c1-5-2-3-7(10)6(9(5)11)4-8(12)13/h2-3H,4H2,1H3,(H,12,13). The molecule has 1 N–H and O–H groups in total. The Morgan fingerprint density at radius 1 is 1.62 bits per heavy atom. The van der Waals surface area contributed by atoms with Gasteiger partial charge in [0, 0.05) is 9.50 Å². The first-order valence-electron chi connectivity index (χ1n) is 3.67. The molecule has 0 unspecified atom stereocenters. The molecule has 0 fully saturated rings. The smallest absolute Gasteiger partial charge is 0.307 e. The topological polar surface area (TPSA) is 37.3 Å². The van der Waals surface area contributed by atoms with Gasteiger partial charge in [0.15, 0.2) is 0 Å². The van der Waals surface area contributed by atoms with Crippen molar-refractivity contribution in [3.63, 3.8) is 0 Å². The molecule has 0 saturated heterocycles. The van der Waals surface area contributed by atoms with Gasteiger partial charge in [-0.05, 0) is 24.1 Å². The quantitative estimate of drug-likeness (QED) is 0.890. The number of aliphatic carboxylic acids is 1. The van der Waals surface area contributed by atoms with Crippen LogP contribution in [-0.4, -0.2) is 11.1 Å². The molecule has 0 bridgehead atoms. The summed E-state index contributed by atoms with van der Waals surface area (Å²) in [5.41, 5.74) is 1.52. The molecule has 0 amide bonds. The van der Waals surface area contributed by atoms with Gasteiger partial charge in [0.05, 0.1) is 6.42 Å². The molecule has 4 heteroatoms. The van der Waals surface area contributed by atoms with Crippen molar-refractivity contribution in [1.29, 1.82) is 0 Å². The zero-order valence-electron chi connectivity index (χ0n) is 6.97. The van der Waals surface area contributed by atoms with Gasteiger partial charge in [-0.2, -0.15) is 0 Å². The van der Waals surface area contributed by atoms with Crippen LogP contribution < -0.4 is 0 Å². The Balaban J connectivity index is 3.17. The maximum absolute atomic E-state index is 10.5. The number of hydrogen-bond donors (Lipinski definition) is 1. The lowest BCUT2D eigenvalue weighted by molar-refractivity contribution is -0.136. The number of carboxylic acids is 1. The maximum Gasteiger partial charge on any atom is 0.307 e. The molecule has 0 aromatic heterocycles. The average molecular weight is 264 g/mol. The van der Waals surface area contributed by atoms with Crippen LogP contribution in [0.4, 0.5) is 0 Å². The Morgan fingerprint density at radius 2 is 2.23 bits per heavy atom. The van der Waals surface area contributed by atoms with Gasteiger partial charge in [0.2, 0.25) is 0 Å². The van der Waals surface area contributed by atoms with Crippen molar-refractivity contribution >= 4 is 33.5 Å². The SMILES string of the molecule is Cc1ccc(Br)c(CC(=O)O)c1Cl. The molecule has 1 rings (SSSR count). The fourth-order valence-corrected chi connectivity index (χ4v) is 1.84. The van der Waals surface area contributed by atoms with Crippen LogP contribution in [0.1, 0.15) is 11.1 Å². The minimum Gasteiger partial charge on any atom is -0.481 e. The van der Waals surface area contributed by atoms with Crippen molar-refractivity contribution in [2.75, 3.05) is 0 Å². The van der Waals surface area contributed by atoms with E-state index in [0.717, 1.165) is 10.0 Å². The molecule has 1 aromatic carbocycles. The van der Waals surface area contributed by atoms with Crippen molar-refractivity contribution in [3.05, 3.63) is 32.8 Å². The summed E-state index contributed by atoms with van der Waals surface area (Å²) in [6.45, 7) is 1.85. The van der Waals surface area contributed by atoms with E-state index in [2.05, 4.69) is 15.9 Å². The van der Waals surface area contributed by atoms with Crippen LogP contribution in [0, 0.1) is 6.92 Å². The second-order valence-corrected chi connectivity index (χ2v) is 3.96. The van der Waals surface area contributed by atoms with E-state index in [4.69, 9.17) is 16.7 Å². The molecule has 0 saturated carbocycles. The molecule has 0 aliphatic heterocycles. The van der Waals surface area contributed by atoms with E-state index in [1.807, 2.05) is 13.0 Å². The Bertz CT molecular complexity index is 350. The first-order valence-corrected chi connectivity index (χ1v) is 4.84. The molecule has 0 atom stereocenters. The zero-order valence-corrected chi connectivity index (χ0v) is 9.32. The van der Waals surface area contributed by atoms with Crippen molar-refractivity contribution in [3.8, 4) is 0 Å².